The number of esters is 3. The smallest absolute Gasteiger partial charge is 0.306 e. The van der Waals surface area contributed by atoms with E-state index in [0.29, 0.717) is 19.3 Å². The van der Waals surface area contributed by atoms with Crippen molar-refractivity contribution in [3.63, 3.8) is 0 Å². The Labute approximate surface area is 520 Å². The van der Waals surface area contributed by atoms with Crippen molar-refractivity contribution >= 4 is 17.9 Å². The summed E-state index contributed by atoms with van der Waals surface area (Å²) in [6, 6.07) is 0. The Morgan fingerprint density at radius 2 is 0.325 bits per heavy atom. The maximum absolute atomic E-state index is 13.0. The predicted molar refractivity (Wildman–Crippen MR) is 363 cm³/mol. The minimum Gasteiger partial charge on any atom is -0.462 e. The van der Waals surface area contributed by atoms with Crippen LogP contribution in [0.4, 0.5) is 0 Å². The summed E-state index contributed by atoms with van der Waals surface area (Å²) in [5.41, 5.74) is 0. The standard InChI is InChI=1S/C77H150O6/c1-4-7-10-13-16-19-22-25-27-29-31-33-35-36-37-38-39-40-41-42-44-45-47-49-52-55-58-61-64-67-70-76(79)82-73-74(72-81-75(78)69-66-63-60-57-54-51-24-21-18-15-12-9-6-3)83-77(80)71-68-65-62-59-56-53-50-48-46-43-34-32-30-28-26-23-20-17-14-11-8-5-2/h74H,4-73H2,1-3H3. The lowest BCUT2D eigenvalue weighted by Crippen LogP contribution is -2.30. The lowest BCUT2D eigenvalue weighted by molar-refractivity contribution is -0.167. The summed E-state index contributed by atoms with van der Waals surface area (Å²) in [5.74, 6) is -0.817. The number of hydrogen-bond donors (Lipinski definition) is 0. The van der Waals surface area contributed by atoms with Gasteiger partial charge in [-0.1, -0.05) is 419 Å². The van der Waals surface area contributed by atoms with Crippen molar-refractivity contribution in [3.05, 3.63) is 0 Å². The summed E-state index contributed by atoms with van der Waals surface area (Å²) in [5, 5.41) is 0. The normalized spacial score (nSPS) is 11.9. The summed E-state index contributed by atoms with van der Waals surface area (Å²) < 4.78 is 17.0. The van der Waals surface area contributed by atoms with E-state index in [4.69, 9.17) is 14.2 Å². The van der Waals surface area contributed by atoms with Crippen LogP contribution < -0.4 is 0 Å². The van der Waals surface area contributed by atoms with Crippen molar-refractivity contribution in [1.29, 1.82) is 0 Å². The third kappa shape index (κ3) is 71.1. The Hall–Kier alpha value is -1.59. The SMILES string of the molecule is CCCCCCCCCCCCCCCCCCCCCCCCCCCCCCCCC(=O)OCC(COC(=O)CCCCCCCCCCCCCCC)OC(=O)CCCCCCCCCCCCCCCCCCCCCCCC. The van der Waals surface area contributed by atoms with Gasteiger partial charge in [0.15, 0.2) is 6.10 Å². The second-order valence-electron chi connectivity index (χ2n) is 26.6. The van der Waals surface area contributed by atoms with Gasteiger partial charge in [0.2, 0.25) is 0 Å². The molecule has 0 rings (SSSR count). The molecule has 1 unspecified atom stereocenters. The van der Waals surface area contributed by atoms with E-state index in [0.717, 1.165) is 57.8 Å². The Morgan fingerprint density at radius 3 is 0.482 bits per heavy atom. The summed E-state index contributed by atoms with van der Waals surface area (Å²) in [6.45, 7) is 6.75. The van der Waals surface area contributed by atoms with Gasteiger partial charge in [0.1, 0.15) is 13.2 Å². The summed E-state index contributed by atoms with van der Waals surface area (Å²) in [6.07, 6.45) is 87.4. The number of ether oxygens (including phenoxy) is 3. The molecule has 494 valence electrons. The molecule has 0 aromatic heterocycles. The average Bonchev–Trinajstić information content (AvgIpc) is 3.49. The van der Waals surface area contributed by atoms with E-state index in [2.05, 4.69) is 20.8 Å². The number of hydrogen-bond acceptors (Lipinski definition) is 6. The fraction of sp³-hybridized carbons (Fsp3) is 0.961. The van der Waals surface area contributed by atoms with Crippen molar-refractivity contribution in [2.45, 2.75) is 463 Å². The van der Waals surface area contributed by atoms with Crippen molar-refractivity contribution in [2.24, 2.45) is 0 Å². The number of unbranched alkanes of at least 4 members (excludes halogenated alkanes) is 62. The zero-order valence-corrected chi connectivity index (χ0v) is 57.0. The van der Waals surface area contributed by atoms with Crippen molar-refractivity contribution in [1.82, 2.24) is 0 Å². The van der Waals surface area contributed by atoms with Crippen LogP contribution in [-0.4, -0.2) is 37.2 Å². The average molecular weight is 1170 g/mol. The van der Waals surface area contributed by atoms with Crippen LogP contribution in [0.3, 0.4) is 0 Å². The van der Waals surface area contributed by atoms with Crippen LogP contribution in [0.25, 0.3) is 0 Å². The molecule has 0 bridgehead atoms. The van der Waals surface area contributed by atoms with E-state index >= 15 is 0 Å². The second-order valence-corrected chi connectivity index (χ2v) is 26.6. The van der Waals surface area contributed by atoms with Crippen LogP contribution in [-0.2, 0) is 28.6 Å². The molecule has 0 aromatic carbocycles. The minimum absolute atomic E-state index is 0.0600. The first kappa shape index (κ1) is 81.4. The number of carbonyl (C=O) groups is 3. The molecular weight excluding hydrogens is 1020 g/mol. The topological polar surface area (TPSA) is 78.9 Å². The van der Waals surface area contributed by atoms with Crippen LogP contribution in [0, 0.1) is 0 Å². The highest BCUT2D eigenvalue weighted by Crippen LogP contribution is 2.20. The van der Waals surface area contributed by atoms with Gasteiger partial charge in [0.25, 0.3) is 0 Å². The molecule has 0 saturated carbocycles. The zero-order valence-electron chi connectivity index (χ0n) is 57.0. The van der Waals surface area contributed by atoms with Gasteiger partial charge in [-0.05, 0) is 19.3 Å². The summed E-state index contributed by atoms with van der Waals surface area (Å²) >= 11 is 0. The minimum atomic E-state index is -0.764. The van der Waals surface area contributed by atoms with E-state index in [1.807, 2.05) is 0 Å². The predicted octanol–water partition coefficient (Wildman–Crippen LogP) is 26.6. The highest BCUT2D eigenvalue weighted by atomic mass is 16.6. The first-order valence-electron chi connectivity index (χ1n) is 38.5. The lowest BCUT2D eigenvalue weighted by atomic mass is 10.0. The van der Waals surface area contributed by atoms with Gasteiger partial charge in [0.05, 0.1) is 0 Å². The molecule has 0 fully saturated rings. The maximum Gasteiger partial charge on any atom is 0.306 e. The molecule has 0 aromatic rings. The Kier molecular flexibility index (Phi) is 71.5. The molecule has 0 aliphatic heterocycles. The summed E-state index contributed by atoms with van der Waals surface area (Å²) in [4.78, 5) is 38.5. The Bertz CT molecular complexity index is 1250. The maximum atomic E-state index is 13.0. The van der Waals surface area contributed by atoms with Crippen molar-refractivity contribution in [3.8, 4) is 0 Å². The molecule has 83 heavy (non-hydrogen) atoms. The zero-order chi connectivity index (χ0) is 59.9. The second kappa shape index (κ2) is 72.9. The van der Waals surface area contributed by atoms with Crippen LogP contribution in [0.1, 0.15) is 457 Å². The number of carbonyl (C=O) groups excluding carboxylic acids is 3. The van der Waals surface area contributed by atoms with Gasteiger partial charge in [-0.3, -0.25) is 14.4 Å². The molecule has 0 radical (unpaired) electrons. The summed E-state index contributed by atoms with van der Waals surface area (Å²) in [7, 11) is 0. The van der Waals surface area contributed by atoms with Crippen LogP contribution in [0.15, 0.2) is 0 Å². The van der Waals surface area contributed by atoms with E-state index in [-0.39, 0.29) is 31.1 Å². The Balaban J connectivity index is 4.12. The molecule has 1 atom stereocenters. The van der Waals surface area contributed by atoms with E-state index < -0.39 is 6.10 Å². The molecule has 6 heteroatoms. The highest BCUT2D eigenvalue weighted by Gasteiger charge is 2.20. The molecular formula is C77H150O6. The molecule has 0 heterocycles. The van der Waals surface area contributed by atoms with E-state index in [1.165, 1.54) is 360 Å². The Morgan fingerprint density at radius 1 is 0.193 bits per heavy atom. The molecule has 0 saturated heterocycles. The third-order valence-corrected chi connectivity index (χ3v) is 18.1. The molecule has 0 spiro atoms. The molecule has 0 aliphatic carbocycles. The van der Waals surface area contributed by atoms with Crippen LogP contribution in [0.2, 0.25) is 0 Å². The van der Waals surface area contributed by atoms with Crippen molar-refractivity contribution in [2.75, 3.05) is 13.2 Å². The van der Waals surface area contributed by atoms with E-state index in [9.17, 15) is 14.4 Å². The van der Waals surface area contributed by atoms with Gasteiger partial charge < -0.3 is 14.2 Å². The van der Waals surface area contributed by atoms with Crippen molar-refractivity contribution < 1.29 is 28.6 Å². The fourth-order valence-electron chi connectivity index (χ4n) is 12.3. The largest absolute Gasteiger partial charge is 0.462 e. The molecule has 0 aliphatic rings. The van der Waals surface area contributed by atoms with Gasteiger partial charge in [-0.2, -0.15) is 0 Å². The highest BCUT2D eigenvalue weighted by molar-refractivity contribution is 5.71. The van der Waals surface area contributed by atoms with E-state index in [1.54, 1.807) is 0 Å². The molecule has 6 nitrogen and oxygen atoms in total. The van der Waals surface area contributed by atoms with Gasteiger partial charge in [-0.25, -0.2) is 0 Å². The van der Waals surface area contributed by atoms with Crippen LogP contribution >= 0.6 is 0 Å². The van der Waals surface area contributed by atoms with Crippen LogP contribution in [0.5, 0.6) is 0 Å². The molecule has 0 amide bonds. The molecule has 0 N–H and O–H groups in total. The fourth-order valence-corrected chi connectivity index (χ4v) is 12.3. The quantitative estimate of drug-likeness (QED) is 0.0343. The lowest BCUT2D eigenvalue weighted by Gasteiger charge is -2.18. The van der Waals surface area contributed by atoms with Gasteiger partial charge in [0, 0.05) is 19.3 Å². The number of rotatable bonds is 73. The first-order valence-corrected chi connectivity index (χ1v) is 38.5. The van der Waals surface area contributed by atoms with Gasteiger partial charge >= 0.3 is 17.9 Å². The van der Waals surface area contributed by atoms with Gasteiger partial charge in [-0.15, -0.1) is 0 Å². The third-order valence-electron chi connectivity index (χ3n) is 18.1. The first-order chi connectivity index (χ1) is 41.0. The monoisotopic (exact) mass is 1170 g/mol.